The van der Waals surface area contributed by atoms with Gasteiger partial charge in [-0.1, -0.05) is 18.2 Å². The summed E-state index contributed by atoms with van der Waals surface area (Å²) in [5.74, 6) is 0.0450. The standard InChI is InChI=1S/C12H15N2O/c1-9-5-2-3-6-10(9)14-12(15)11-7-4-8-13-11/h2-3,5-6,11,13H,1,4,7-8H2,(H,14,15)/t11-/m0/s1. The SMILES string of the molecule is [CH2]c1ccccc1NC(=O)[C@@H]1CCCN1. The van der Waals surface area contributed by atoms with E-state index in [1.165, 1.54) is 0 Å². The number of carbonyl (C=O) groups is 1. The number of rotatable bonds is 2. The van der Waals surface area contributed by atoms with E-state index in [0.717, 1.165) is 30.6 Å². The summed E-state index contributed by atoms with van der Waals surface area (Å²) in [5, 5.41) is 6.05. The van der Waals surface area contributed by atoms with Gasteiger partial charge in [-0.15, -0.1) is 0 Å². The molecule has 1 fully saturated rings. The minimum absolute atomic E-state index is 0.0374. The van der Waals surface area contributed by atoms with E-state index in [4.69, 9.17) is 0 Å². The Morgan fingerprint density at radius 3 is 2.93 bits per heavy atom. The summed E-state index contributed by atoms with van der Waals surface area (Å²) in [7, 11) is 0. The quantitative estimate of drug-likeness (QED) is 0.766. The lowest BCUT2D eigenvalue weighted by molar-refractivity contribution is -0.117. The van der Waals surface area contributed by atoms with Crippen LogP contribution in [0.15, 0.2) is 24.3 Å². The van der Waals surface area contributed by atoms with Gasteiger partial charge in [0.2, 0.25) is 5.91 Å². The Hall–Kier alpha value is -1.35. The molecule has 1 aromatic rings. The Bertz CT molecular complexity index is 356. The van der Waals surface area contributed by atoms with Gasteiger partial charge in [-0.05, 0) is 37.9 Å². The second-order valence-corrected chi connectivity index (χ2v) is 3.80. The molecule has 1 heterocycles. The molecule has 1 amide bonds. The molecule has 1 radical (unpaired) electrons. The molecule has 0 unspecified atom stereocenters. The van der Waals surface area contributed by atoms with Crippen LogP contribution in [0.5, 0.6) is 0 Å². The fraction of sp³-hybridized carbons (Fsp3) is 0.333. The highest BCUT2D eigenvalue weighted by Crippen LogP contribution is 2.15. The first kappa shape index (κ1) is 10.2. The minimum atomic E-state index is -0.0374. The van der Waals surface area contributed by atoms with Crippen LogP contribution in [0.25, 0.3) is 0 Å². The van der Waals surface area contributed by atoms with Gasteiger partial charge in [-0.2, -0.15) is 0 Å². The second-order valence-electron chi connectivity index (χ2n) is 3.80. The van der Waals surface area contributed by atoms with Gasteiger partial charge in [0.15, 0.2) is 0 Å². The molecule has 3 heteroatoms. The van der Waals surface area contributed by atoms with Crippen molar-refractivity contribution in [1.29, 1.82) is 0 Å². The molecule has 15 heavy (non-hydrogen) atoms. The summed E-state index contributed by atoms with van der Waals surface area (Å²) < 4.78 is 0. The van der Waals surface area contributed by atoms with Crippen molar-refractivity contribution in [1.82, 2.24) is 5.32 Å². The summed E-state index contributed by atoms with van der Waals surface area (Å²) in [6.45, 7) is 4.80. The van der Waals surface area contributed by atoms with Crippen LogP contribution in [0.2, 0.25) is 0 Å². The topological polar surface area (TPSA) is 41.1 Å². The van der Waals surface area contributed by atoms with Crippen molar-refractivity contribution >= 4 is 11.6 Å². The van der Waals surface area contributed by atoms with Crippen molar-refractivity contribution in [2.45, 2.75) is 18.9 Å². The number of benzene rings is 1. The molecule has 1 aliphatic rings. The number of carbonyl (C=O) groups excluding carboxylic acids is 1. The molecule has 79 valence electrons. The average Bonchev–Trinajstić information content (AvgIpc) is 2.74. The normalized spacial score (nSPS) is 20.2. The van der Waals surface area contributed by atoms with Crippen molar-refractivity contribution in [3.63, 3.8) is 0 Å². The lowest BCUT2D eigenvalue weighted by Crippen LogP contribution is -2.35. The van der Waals surface area contributed by atoms with E-state index in [1.54, 1.807) is 0 Å². The van der Waals surface area contributed by atoms with Crippen LogP contribution in [-0.4, -0.2) is 18.5 Å². The molecule has 1 aliphatic heterocycles. The Morgan fingerprint density at radius 1 is 1.47 bits per heavy atom. The van der Waals surface area contributed by atoms with Crippen LogP contribution >= 0.6 is 0 Å². The zero-order chi connectivity index (χ0) is 10.7. The van der Waals surface area contributed by atoms with Crippen molar-refractivity contribution in [2.24, 2.45) is 0 Å². The molecule has 1 atom stereocenters. The van der Waals surface area contributed by atoms with Crippen molar-refractivity contribution < 1.29 is 4.79 Å². The first-order chi connectivity index (χ1) is 7.27. The maximum absolute atomic E-state index is 11.8. The smallest absolute Gasteiger partial charge is 0.241 e. The van der Waals surface area contributed by atoms with Crippen LogP contribution in [0.1, 0.15) is 18.4 Å². The van der Waals surface area contributed by atoms with Crippen molar-refractivity contribution in [3.05, 3.63) is 36.8 Å². The molecular weight excluding hydrogens is 188 g/mol. The maximum Gasteiger partial charge on any atom is 0.241 e. The minimum Gasteiger partial charge on any atom is -0.324 e. The molecule has 1 aromatic carbocycles. The van der Waals surface area contributed by atoms with Gasteiger partial charge in [0.1, 0.15) is 0 Å². The third-order valence-electron chi connectivity index (χ3n) is 2.65. The lowest BCUT2D eigenvalue weighted by atomic mass is 10.1. The lowest BCUT2D eigenvalue weighted by Gasteiger charge is -2.12. The second kappa shape index (κ2) is 4.45. The number of hydrogen-bond donors (Lipinski definition) is 2. The molecule has 0 aliphatic carbocycles. The highest BCUT2D eigenvalue weighted by molar-refractivity contribution is 5.95. The summed E-state index contributed by atoms with van der Waals surface area (Å²) in [6, 6.07) is 7.52. The number of anilines is 1. The largest absolute Gasteiger partial charge is 0.324 e. The van der Waals surface area contributed by atoms with Crippen molar-refractivity contribution in [2.75, 3.05) is 11.9 Å². The van der Waals surface area contributed by atoms with Gasteiger partial charge >= 0.3 is 0 Å². The third kappa shape index (κ3) is 2.36. The van der Waals surface area contributed by atoms with E-state index in [-0.39, 0.29) is 11.9 Å². The van der Waals surface area contributed by atoms with E-state index in [1.807, 2.05) is 24.3 Å². The summed E-state index contributed by atoms with van der Waals surface area (Å²) in [6.07, 6.45) is 2.00. The predicted molar refractivity (Wildman–Crippen MR) is 60.6 cm³/mol. The molecule has 1 saturated heterocycles. The molecule has 2 N–H and O–H groups in total. The predicted octanol–water partition coefficient (Wildman–Crippen LogP) is 1.56. The molecule has 0 aromatic heterocycles. The summed E-state index contributed by atoms with van der Waals surface area (Å²) in [5.41, 5.74) is 1.65. The van der Waals surface area contributed by atoms with Crippen molar-refractivity contribution in [3.8, 4) is 0 Å². The number of amides is 1. The van der Waals surface area contributed by atoms with Gasteiger partial charge in [-0.25, -0.2) is 0 Å². The fourth-order valence-electron chi connectivity index (χ4n) is 1.77. The molecule has 0 saturated carbocycles. The van der Waals surface area contributed by atoms with E-state index in [9.17, 15) is 4.79 Å². The van der Waals surface area contributed by atoms with Gasteiger partial charge in [0.05, 0.1) is 6.04 Å². The number of hydrogen-bond acceptors (Lipinski definition) is 2. The van der Waals surface area contributed by atoms with E-state index < -0.39 is 0 Å². The molecular formula is C12H15N2O. The van der Waals surface area contributed by atoms with Crippen LogP contribution in [-0.2, 0) is 4.79 Å². The summed E-state index contributed by atoms with van der Waals surface area (Å²) >= 11 is 0. The Morgan fingerprint density at radius 2 is 2.27 bits per heavy atom. The molecule has 3 nitrogen and oxygen atoms in total. The number of nitrogens with one attached hydrogen (secondary N) is 2. The molecule has 0 bridgehead atoms. The van der Waals surface area contributed by atoms with Gasteiger partial charge < -0.3 is 10.6 Å². The Balaban J connectivity index is 2.02. The molecule has 2 rings (SSSR count). The number of para-hydroxylation sites is 1. The zero-order valence-corrected chi connectivity index (χ0v) is 8.62. The van der Waals surface area contributed by atoms with Crippen LogP contribution in [0.4, 0.5) is 5.69 Å². The maximum atomic E-state index is 11.8. The first-order valence-electron chi connectivity index (χ1n) is 5.22. The average molecular weight is 203 g/mol. The Kier molecular flexibility index (Phi) is 3.02. The van der Waals surface area contributed by atoms with Crippen LogP contribution in [0.3, 0.4) is 0 Å². The molecule has 0 spiro atoms. The van der Waals surface area contributed by atoms with Gasteiger partial charge in [0.25, 0.3) is 0 Å². The van der Waals surface area contributed by atoms with Gasteiger partial charge in [-0.3, -0.25) is 4.79 Å². The monoisotopic (exact) mass is 203 g/mol. The van der Waals surface area contributed by atoms with Crippen LogP contribution in [0, 0.1) is 6.92 Å². The van der Waals surface area contributed by atoms with E-state index in [2.05, 4.69) is 17.6 Å². The van der Waals surface area contributed by atoms with E-state index >= 15 is 0 Å². The highest BCUT2D eigenvalue weighted by Gasteiger charge is 2.21. The Labute approximate surface area is 89.9 Å². The third-order valence-corrected chi connectivity index (χ3v) is 2.65. The summed E-state index contributed by atoms with van der Waals surface area (Å²) in [4.78, 5) is 11.8. The highest BCUT2D eigenvalue weighted by atomic mass is 16.2. The fourth-order valence-corrected chi connectivity index (χ4v) is 1.77. The van der Waals surface area contributed by atoms with Crippen LogP contribution < -0.4 is 10.6 Å². The zero-order valence-electron chi connectivity index (χ0n) is 8.62. The first-order valence-corrected chi connectivity index (χ1v) is 5.22. The van der Waals surface area contributed by atoms with Gasteiger partial charge in [0, 0.05) is 5.69 Å². The van der Waals surface area contributed by atoms with E-state index in [0.29, 0.717) is 0 Å².